The van der Waals surface area contributed by atoms with E-state index in [0.29, 0.717) is 11.7 Å². The van der Waals surface area contributed by atoms with Crippen LogP contribution in [0.3, 0.4) is 0 Å². The molecule has 3 aromatic rings. The molecular formula is C19H22N6O. The highest BCUT2D eigenvalue weighted by atomic mass is 16.3. The van der Waals surface area contributed by atoms with Crippen LogP contribution in [0.2, 0.25) is 0 Å². The summed E-state index contributed by atoms with van der Waals surface area (Å²) in [7, 11) is 1.90. The highest BCUT2D eigenvalue weighted by Crippen LogP contribution is 2.27. The van der Waals surface area contributed by atoms with Crippen molar-refractivity contribution in [1.82, 2.24) is 24.7 Å². The first-order valence-electron chi connectivity index (χ1n) is 8.88. The van der Waals surface area contributed by atoms with Gasteiger partial charge in [-0.15, -0.1) is 0 Å². The van der Waals surface area contributed by atoms with Crippen molar-refractivity contribution >= 4 is 5.82 Å². The molecule has 1 aliphatic rings. The normalized spacial score (nSPS) is 15.4. The number of pyridine rings is 1. The Morgan fingerprint density at radius 3 is 2.65 bits per heavy atom. The van der Waals surface area contributed by atoms with Gasteiger partial charge in [-0.3, -0.25) is 9.67 Å². The quantitative estimate of drug-likeness (QED) is 0.777. The van der Waals surface area contributed by atoms with Crippen molar-refractivity contribution < 1.29 is 5.11 Å². The first kappa shape index (κ1) is 16.7. The van der Waals surface area contributed by atoms with Crippen LogP contribution in [-0.2, 0) is 7.05 Å². The van der Waals surface area contributed by atoms with E-state index in [4.69, 9.17) is 9.97 Å². The second kappa shape index (κ2) is 7.21. The standard InChI is InChI=1S/C19H22N6O/c1-24-8-6-16(23-24)17-11-18(25-9-4-14(13-26)5-10-25)22-19(21-17)15-3-2-7-20-12-15/h2-3,6-8,11-12,14,26H,4-5,9-10,13H2,1H3. The molecule has 7 heteroatoms. The van der Waals surface area contributed by atoms with E-state index in [0.717, 1.165) is 48.7 Å². The lowest BCUT2D eigenvalue weighted by Gasteiger charge is -2.32. The Hall–Kier alpha value is -2.80. The Morgan fingerprint density at radius 2 is 2.00 bits per heavy atom. The van der Waals surface area contributed by atoms with Gasteiger partial charge >= 0.3 is 0 Å². The van der Waals surface area contributed by atoms with Crippen molar-refractivity contribution in [1.29, 1.82) is 0 Å². The summed E-state index contributed by atoms with van der Waals surface area (Å²) in [5.74, 6) is 1.94. The third kappa shape index (κ3) is 3.43. The van der Waals surface area contributed by atoms with Gasteiger partial charge in [-0.1, -0.05) is 0 Å². The van der Waals surface area contributed by atoms with E-state index in [-0.39, 0.29) is 6.61 Å². The summed E-state index contributed by atoms with van der Waals surface area (Å²) in [6.45, 7) is 2.03. The topological polar surface area (TPSA) is 80.0 Å². The molecule has 3 aromatic heterocycles. The number of hydrogen-bond donors (Lipinski definition) is 1. The van der Waals surface area contributed by atoms with Gasteiger partial charge in [-0.05, 0) is 37.0 Å². The van der Waals surface area contributed by atoms with Gasteiger partial charge in [0.05, 0.1) is 5.69 Å². The minimum absolute atomic E-state index is 0.262. The summed E-state index contributed by atoms with van der Waals surface area (Å²) in [5, 5.41) is 13.9. The van der Waals surface area contributed by atoms with Gasteiger partial charge in [0.25, 0.3) is 0 Å². The van der Waals surface area contributed by atoms with Crippen LogP contribution in [0.1, 0.15) is 12.8 Å². The van der Waals surface area contributed by atoms with Crippen LogP contribution in [-0.4, -0.2) is 49.5 Å². The van der Waals surface area contributed by atoms with Gasteiger partial charge in [-0.2, -0.15) is 5.10 Å². The van der Waals surface area contributed by atoms with Crippen molar-refractivity contribution in [2.24, 2.45) is 13.0 Å². The summed E-state index contributed by atoms with van der Waals surface area (Å²) in [4.78, 5) is 16.0. The first-order valence-corrected chi connectivity index (χ1v) is 8.88. The van der Waals surface area contributed by atoms with Crippen LogP contribution < -0.4 is 4.90 Å². The van der Waals surface area contributed by atoms with Crippen molar-refractivity contribution in [3.63, 3.8) is 0 Å². The zero-order chi connectivity index (χ0) is 17.9. The average Bonchev–Trinajstić information content (AvgIpc) is 3.15. The Morgan fingerprint density at radius 1 is 1.15 bits per heavy atom. The zero-order valence-corrected chi connectivity index (χ0v) is 14.8. The number of aromatic nitrogens is 5. The molecule has 4 heterocycles. The first-order chi connectivity index (χ1) is 12.7. The number of anilines is 1. The minimum Gasteiger partial charge on any atom is -0.396 e. The Bertz CT molecular complexity index is 871. The SMILES string of the molecule is Cn1ccc(-c2cc(N3CCC(CO)CC3)nc(-c3cccnc3)n2)n1. The number of aliphatic hydroxyl groups is 1. The van der Waals surface area contributed by atoms with Crippen molar-refractivity contribution in [2.45, 2.75) is 12.8 Å². The zero-order valence-electron chi connectivity index (χ0n) is 14.8. The fraction of sp³-hybridized carbons (Fsp3) is 0.368. The van der Waals surface area contributed by atoms with Gasteiger partial charge in [-0.25, -0.2) is 9.97 Å². The van der Waals surface area contributed by atoms with Gasteiger partial charge in [0, 0.05) is 57.0 Å². The Labute approximate surface area is 152 Å². The molecule has 0 bridgehead atoms. The molecule has 0 spiro atoms. The number of rotatable bonds is 4. The highest BCUT2D eigenvalue weighted by molar-refractivity contribution is 5.65. The molecule has 7 nitrogen and oxygen atoms in total. The van der Waals surface area contributed by atoms with Gasteiger partial charge in [0.15, 0.2) is 5.82 Å². The molecule has 1 saturated heterocycles. The summed E-state index contributed by atoms with van der Waals surface area (Å²) >= 11 is 0. The molecule has 4 rings (SSSR count). The van der Waals surface area contributed by atoms with E-state index in [1.54, 1.807) is 17.1 Å². The van der Waals surface area contributed by atoms with Crippen molar-refractivity contribution in [3.8, 4) is 22.8 Å². The summed E-state index contributed by atoms with van der Waals surface area (Å²) < 4.78 is 1.77. The second-order valence-corrected chi connectivity index (χ2v) is 6.66. The minimum atomic E-state index is 0.262. The molecule has 0 amide bonds. The van der Waals surface area contributed by atoms with Crippen molar-refractivity contribution in [3.05, 3.63) is 42.9 Å². The average molecular weight is 350 g/mol. The monoisotopic (exact) mass is 350 g/mol. The number of piperidine rings is 1. The number of hydrogen-bond acceptors (Lipinski definition) is 6. The lowest BCUT2D eigenvalue weighted by Crippen LogP contribution is -2.35. The van der Waals surface area contributed by atoms with Crippen LogP contribution in [0.4, 0.5) is 5.82 Å². The van der Waals surface area contributed by atoms with E-state index in [1.807, 2.05) is 37.5 Å². The molecule has 1 fully saturated rings. The molecule has 0 atom stereocenters. The third-order valence-electron chi connectivity index (χ3n) is 4.81. The Balaban J connectivity index is 1.73. The molecular weight excluding hydrogens is 328 g/mol. The maximum Gasteiger partial charge on any atom is 0.163 e. The second-order valence-electron chi connectivity index (χ2n) is 6.66. The number of nitrogens with zero attached hydrogens (tertiary/aromatic N) is 6. The summed E-state index contributed by atoms with van der Waals surface area (Å²) in [6, 6.07) is 7.81. The van der Waals surface area contributed by atoms with E-state index < -0.39 is 0 Å². The van der Waals surface area contributed by atoms with E-state index >= 15 is 0 Å². The highest BCUT2D eigenvalue weighted by Gasteiger charge is 2.21. The third-order valence-corrected chi connectivity index (χ3v) is 4.81. The molecule has 0 radical (unpaired) electrons. The van der Waals surface area contributed by atoms with E-state index in [1.165, 1.54) is 0 Å². The molecule has 0 aliphatic carbocycles. The molecule has 0 aromatic carbocycles. The molecule has 134 valence electrons. The molecule has 1 N–H and O–H groups in total. The Kier molecular flexibility index (Phi) is 4.62. The maximum absolute atomic E-state index is 9.37. The van der Waals surface area contributed by atoms with Crippen molar-refractivity contribution in [2.75, 3.05) is 24.6 Å². The molecule has 26 heavy (non-hydrogen) atoms. The van der Waals surface area contributed by atoms with Gasteiger partial charge in [0.2, 0.25) is 0 Å². The fourth-order valence-corrected chi connectivity index (χ4v) is 3.25. The van der Waals surface area contributed by atoms with Crippen LogP contribution in [0, 0.1) is 5.92 Å². The molecule has 0 unspecified atom stereocenters. The number of aryl methyl sites for hydroxylation is 1. The maximum atomic E-state index is 9.37. The van der Waals surface area contributed by atoms with Crippen LogP contribution in [0.15, 0.2) is 42.9 Å². The van der Waals surface area contributed by atoms with Gasteiger partial charge in [0.1, 0.15) is 11.5 Å². The number of aliphatic hydroxyl groups excluding tert-OH is 1. The lowest BCUT2D eigenvalue weighted by molar-refractivity contribution is 0.203. The smallest absolute Gasteiger partial charge is 0.163 e. The van der Waals surface area contributed by atoms with E-state index in [2.05, 4.69) is 15.0 Å². The largest absolute Gasteiger partial charge is 0.396 e. The lowest BCUT2D eigenvalue weighted by atomic mass is 9.98. The molecule has 0 saturated carbocycles. The fourth-order valence-electron chi connectivity index (χ4n) is 3.25. The summed E-state index contributed by atoms with van der Waals surface area (Å²) in [6.07, 6.45) is 7.38. The predicted octanol–water partition coefficient (Wildman–Crippen LogP) is 2.15. The van der Waals surface area contributed by atoms with E-state index in [9.17, 15) is 5.11 Å². The predicted molar refractivity (Wildman–Crippen MR) is 99.5 cm³/mol. The molecule has 1 aliphatic heterocycles. The van der Waals surface area contributed by atoms with Gasteiger partial charge < -0.3 is 10.0 Å². The van der Waals surface area contributed by atoms with Crippen LogP contribution in [0.25, 0.3) is 22.8 Å². The van der Waals surface area contributed by atoms with Crippen LogP contribution >= 0.6 is 0 Å². The van der Waals surface area contributed by atoms with Crippen LogP contribution in [0.5, 0.6) is 0 Å². The summed E-state index contributed by atoms with van der Waals surface area (Å²) in [5.41, 5.74) is 2.52.